The summed E-state index contributed by atoms with van der Waals surface area (Å²) >= 11 is 0. The zero-order chi connectivity index (χ0) is 20.5. The Labute approximate surface area is 168 Å². The van der Waals surface area contributed by atoms with Crippen molar-refractivity contribution in [3.63, 3.8) is 0 Å². The van der Waals surface area contributed by atoms with Gasteiger partial charge in [-0.1, -0.05) is 30.3 Å². The van der Waals surface area contributed by atoms with Gasteiger partial charge < -0.3 is 9.30 Å². The van der Waals surface area contributed by atoms with Gasteiger partial charge in [0, 0.05) is 26.8 Å². The Morgan fingerprint density at radius 2 is 1.59 bits per heavy atom. The summed E-state index contributed by atoms with van der Waals surface area (Å²) in [6, 6.07) is 17.8. The number of fused-ring (bicyclic) bond motifs is 1. The first-order valence-corrected chi connectivity index (χ1v) is 9.48. The Morgan fingerprint density at radius 3 is 2.24 bits per heavy atom. The highest BCUT2D eigenvalue weighted by Crippen LogP contribution is 2.29. The van der Waals surface area contributed by atoms with Crippen LogP contribution in [-0.4, -0.2) is 20.8 Å². The van der Waals surface area contributed by atoms with Crippen LogP contribution in [0, 0.1) is 0 Å². The van der Waals surface area contributed by atoms with Crippen molar-refractivity contribution in [1.82, 2.24) is 13.7 Å². The lowest BCUT2D eigenvalue weighted by Gasteiger charge is -2.11. The Hall–Kier alpha value is -3.54. The van der Waals surface area contributed by atoms with Gasteiger partial charge in [-0.05, 0) is 41.8 Å². The predicted molar refractivity (Wildman–Crippen MR) is 115 cm³/mol. The van der Waals surface area contributed by atoms with Crippen molar-refractivity contribution in [2.45, 2.75) is 13.0 Å². The molecule has 0 spiro atoms. The predicted octanol–water partition coefficient (Wildman–Crippen LogP) is 2.96. The van der Waals surface area contributed by atoms with Crippen LogP contribution in [0.25, 0.3) is 22.2 Å². The minimum Gasteiger partial charge on any atom is -0.497 e. The van der Waals surface area contributed by atoms with Crippen LogP contribution >= 0.6 is 0 Å². The molecule has 0 unspecified atom stereocenters. The average Bonchev–Trinajstić information content (AvgIpc) is 3.15. The molecule has 2 heterocycles. The van der Waals surface area contributed by atoms with E-state index in [1.165, 1.54) is 17.2 Å². The average molecular weight is 389 g/mol. The van der Waals surface area contributed by atoms with E-state index in [0.29, 0.717) is 17.4 Å². The van der Waals surface area contributed by atoms with E-state index in [1.54, 1.807) is 14.2 Å². The van der Waals surface area contributed by atoms with Crippen LogP contribution < -0.4 is 16.0 Å². The fourth-order valence-electron chi connectivity index (χ4n) is 3.72. The number of methoxy groups -OCH3 is 1. The number of hydrogen-bond acceptors (Lipinski definition) is 3. The van der Waals surface area contributed by atoms with Gasteiger partial charge in [-0.15, -0.1) is 0 Å². The first-order valence-electron chi connectivity index (χ1n) is 9.48. The van der Waals surface area contributed by atoms with E-state index in [4.69, 9.17) is 4.74 Å². The lowest BCUT2D eigenvalue weighted by molar-refractivity contribution is 0.415. The van der Waals surface area contributed by atoms with E-state index >= 15 is 0 Å². The molecule has 6 nitrogen and oxygen atoms in total. The van der Waals surface area contributed by atoms with Gasteiger partial charge in [0.05, 0.1) is 23.7 Å². The minimum absolute atomic E-state index is 0.285. The van der Waals surface area contributed by atoms with Crippen LogP contribution in [0.15, 0.2) is 70.4 Å². The van der Waals surface area contributed by atoms with Gasteiger partial charge in [-0.25, -0.2) is 4.79 Å². The summed E-state index contributed by atoms with van der Waals surface area (Å²) in [7, 11) is 4.84. The molecular weight excluding hydrogens is 366 g/mol. The molecule has 0 aliphatic heterocycles. The standard InChI is InChI=1S/C23H23N3O3/c1-24-19-15-26(14-13-16-7-5-4-6-8-16)21(17-9-11-18(29-3)12-10-17)20(19)22(27)25(2)23(24)28/h4-12,15H,13-14H2,1-3H3. The zero-order valence-corrected chi connectivity index (χ0v) is 16.8. The van der Waals surface area contributed by atoms with E-state index in [2.05, 4.69) is 16.7 Å². The normalized spacial score (nSPS) is 11.1. The van der Waals surface area contributed by atoms with Gasteiger partial charge in [-0.2, -0.15) is 0 Å². The molecule has 6 heteroatoms. The highest BCUT2D eigenvalue weighted by molar-refractivity contribution is 5.93. The molecule has 2 aromatic carbocycles. The van der Waals surface area contributed by atoms with Gasteiger partial charge in [0.1, 0.15) is 5.75 Å². The van der Waals surface area contributed by atoms with Crippen LogP contribution in [0.1, 0.15) is 5.56 Å². The number of rotatable bonds is 5. The number of aryl methyl sites for hydroxylation is 3. The maximum atomic E-state index is 13.0. The molecule has 29 heavy (non-hydrogen) atoms. The summed E-state index contributed by atoms with van der Waals surface area (Å²) in [6.07, 6.45) is 2.72. The summed E-state index contributed by atoms with van der Waals surface area (Å²) in [5.74, 6) is 0.751. The molecule has 0 bridgehead atoms. The van der Waals surface area contributed by atoms with E-state index in [9.17, 15) is 9.59 Å². The molecule has 0 saturated heterocycles. The first-order chi connectivity index (χ1) is 14.0. The second-order valence-electron chi connectivity index (χ2n) is 7.10. The monoisotopic (exact) mass is 389 g/mol. The number of benzene rings is 2. The van der Waals surface area contributed by atoms with E-state index in [0.717, 1.165) is 28.0 Å². The Morgan fingerprint density at radius 1 is 0.897 bits per heavy atom. The Kier molecular flexibility index (Phi) is 4.84. The fraction of sp³-hybridized carbons (Fsp3) is 0.217. The summed E-state index contributed by atoms with van der Waals surface area (Å²) in [5, 5.41) is 0.549. The van der Waals surface area contributed by atoms with E-state index < -0.39 is 0 Å². The Balaban J connectivity index is 1.93. The quantitative estimate of drug-likeness (QED) is 0.527. The van der Waals surface area contributed by atoms with Gasteiger partial charge in [0.25, 0.3) is 5.56 Å². The molecule has 2 aromatic heterocycles. The number of aromatic nitrogens is 3. The third-order valence-electron chi connectivity index (χ3n) is 5.36. The highest BCUT2D eigenvalue weighted by Gasteiger charge is 2.19. The minimum atomic E-state index is -0.330. The topological polar surface area (TPSA) is 58.2 Å². The smallest absolute Gasteiger partial charge is 0.330 e. The van der Waals surface area contributed by atoms with Crippen LogP contribution in [0.4, 0.5) is 0 Å². The van der Waals surface area contributed by atoms with Gasteiger partial charge >= 0.3 is 5.69 Å². The molecule has 0 aliphatic rings. The molecule has 0 radical (unpaired) electrons. The summed E-state index contributed by atoms with van der Waals surface area (Å²) < 4.78 is 10.0. The van der Waals surface area contributed by atoms with Gasteiger partial charge in [0.2, 0.25) is 0 Å². The zero-order valence-electron chi connectivity index (χ0n) is 16.8. The molecule has 0 fully saturated rings. The van der Waals surface area contributed by atoms with Crippen LogP contribution in [-0.2, 0) is 27.1 Å². The van der Waals surface area contributed by atoms with Crippen molar-refractivity contribution in [3.05, 3.63) is 87.2 Å². The van der Waals surface area contributed by atoms with Crippen molar-refractivity contribution in [1.29, 1.82) is 0 Å². The Bertz CT molecular complexity index is 1280. The third-order valence-corrected chi connectivity index (χ3v) is 5.36. The lowest BCUT2D eigenvalue weighted by atomic mass is 10.1. The first kappa shape index (κ1) is 18.8. The molecule has 4 rings (SSSR count). The fourth-order valence-corrected chi connectivity index (χ4v) is 3.72. The molecular formula is C23H23N3O3. The van der Waals surface area contributed by atoms with Crippen LogP contribution in [0.3, 0.4) is 0 Å². The maximum absolute atomic E-state index is 13.0. The molecule has 0 saturated carbocycles. The van der Waals surface area contributed by atoms with Crippen molar-refractivity contribution in [2.75, 3.05) is 7.11 Å². The van der Waals surface area contributed by atoms with E-state index in [-0.39, 0.29) is 11.2 Å². The molecule has 148 valence electrons. The van der Waals surface area contributed by atoms with Crippen molar-refractivity contribution in [3.8, 4) is 17.0 Å². The number of nitrogens with zero attached hydrogens (tertiary/aromatic N) is 3. The largest absolute Gasteiger partial charge is 0.497 e. The van der Waals surface area contributed by atoms with Gasteiger partial charge in [0.15, 0.2) is 0 Å². The van der Waals surface area contributed by atoms with Crippen molar-refractivity contribution < 1.29 is 4.74 Å². The maximum Gasteiger partial charge on any atom is 0.330 e. The second-order valence-corrected chi connectivity index (χ2v) is 7.10. The lowest BCUT2D eigenvalue weighted by Crippen LogP contribution is -2.36. The summed E-state index contributed by atoms with van der Waals surface area (Å²) in [4.78, 5) is 25.4. The van der Waals surface area contributed by atoms with Crippen molar-refractivity contribution >= 4 is 10.9 Å². The number of hydrogen-bond donors (Lipinski definition) is 0. The van der Waals surface area contributed by atoms with Gasteiger partial charge in [-0.3, -0.25) is 13.9 Å². The highest BCUT2D eigenvalue weighted by atomic mass is 16.5. The SMILES string of the molecule is COc1ccc(-c2c3c(=O)n(C)c(=O)n(C)c3cn2CCc2ccccc2)cc1. The molecule has 4 aromatic rings. The molecule has 0 atom stereocenters. The second kappa shape index (κ2) is 7.47. The molecule has 0 amide bonds. The van der Waals surface area contributed by atoms with Crippen LogP contribution in [0.5, 0.6) is 5.75 Å². The number of ether oxygens (including phenoxy) is 1. The molecule has 0 aliphatic carbocycles. The van der Waals surface area contributed by atoms with Crippen molar-refractivity contribution in [2.24, 2.45) is 14.1 Å². The molecule has 0 N–H and O–H groups in total. The summed E-state index contributed by atoms with van der Waals surface area (Å²) in [5.41, 5.74) is 2.96. The van der Waals surface area contributed by atoms with Crippen LogP contribution in [0.2, 0.25) is 0 Å². The third kappa shape index (κ3) is 3.27. The summed E-state index contributed by atoms with van der Waals surface area (Å²) in [6.45, 7) is 0.692. The van der Waals surface area contributed by atoms with E-state index in [1.807, 2.05) is 48.7 Å².